The summed E-state index contributed by atoms with van der Waals surface area (Å²) >= 11 is 3.38. The first-order valence-electron chi connectivity index (χ1n) is 9.22. The quantitative estimate of drug-likeness (QED) is 0.582. The van der Waals surface area contributed by atoms with Crippen LogP contribution in [-0.2, 0) is 6.54 Å². The molecule has 0 radical (unpaired) electrons. The number of halogens is 1. The number of quaternary nitrogens is 2. The molecule has 0 unspecified atom stereocenters. The van der Waals surface area contributed by atoms with Gasteiger partial charge in [0.1, 0.15) is 32.7 Å². The molecule has 1 aliphatic rings. The average Bonchev–Trinajstić information content (AvgIpc) is 2.66. The first-order valence-corrected chi connectivity index (χ1v) is 10.0. The van der Waals surface area contributed by atoms with Gasteiger partial charge in [-0.2, -0.15) is 0 Å². The third-order valence-electron chi connectivity index (χ3n) is 4.93. The lowest BCUT2D eigenvalue weighted by Crippen LogP contribution is -3.27. The van der Waals surface area contributed by atoms with Gasteiger partial charge in [0.25, 0.3) is 0 Å². The Balaban J connectivity index is 1.48. The Kier molecular flexibility index (Phi) is 6.66. The minimum Gasteiger partial charge on any atom is -0.326 e. The van der Waals surface area contributed by atoms with Crippen LogP contribution in [0.2, 0.25) is 0 Å². The molecule has 0 bridgehead atoms. The SMILES string of the molecule is CC[NH+]1CC[NH+](Cc2ccc(NC(=O)Nc3ccc(Br)cc3)cc2)CC1. The lowest BCUT2D eigenvalue weighted by Gasteiger charge is -2.29. The van der Waals surface area contributed by atoms with Gasteiger partial charge in [0.15, 0.2) is 0 Å². The van der Waals surface area contributed by atoms with Crippen LogP contribution in [-0.4, -0.2) is 38.8 Å². The molecule has 26 heavy (non-hydrogen) atoms. The molecule has 1 aliphatic heterocycles. The predicted octanol–water partition coefficient (Wildman–Crippen LogP) is 1.40. The van der Waals surface area contributed by atoms with Crippen molar-refractivity contribution in [3.63, 3.8) is 0 Å². The maximum atomic E-state index is 12.1. The second-order valence-corrected chi connectivity index (χ2v) is 7.73. The van der Waals surface area contributed by atoms with E-state index in [0.717, 1.165) is 22.4 Å². The zero-order chi connectivity index (χ0) is 18.4. The molecule has 6 heteroatoms. The number of hydrogen-bond acceptors (Lipinski definition) is 1. The normalized spacial score (nSPS) is 19.8. The van der Waals surface area contributed by atoms with E-state index in [0.29, 0.717) is 0 Å². The van der Waals surface area contributed by atoms with Crippen LogP contribution in [0.15, 0.2) is 53.0 Å². The smallest absolute Gasteiger partial charge is 0.323 e. The number of rotatable bonds is 5. The molecule has 0 atom stereocenters. The van der Waals surface area contributed by atoms with Crippen LogP contribution in [0, 0.1) is 0 Å². The third-order valence-corrected chi connectivity index (χ3v) is 5.46. The number of benzene rings is 2. The van der Waals surface area contributed by atoms with Gasteiger partial charge in [-0.1, -0.05) is 28.1 Å². The second-order valence-electron chi connectivity index (χ2n) is 6.81. The molecule has 2 amide bonds. The number of anilines is 2. The van der Waals surface area contributed by atoms with E-state index in [1.165, 1.54) is 38.3 Å². The fourth-order valence-corrected chi connectivity index (χ4v) is 3.57. The molecule has 1 heterocycles. The summed E-state index contributed by atoms with van der Waals surface area (Å²) in [5, 5.41) is 5.71. The lowest BCUT2D eigenvalue weighted by atomic mass is 10.2. The second kappa shape index (κ2) is 9.16. The number of hydrogen-bond donors (Lipinski definition) is 4. The molecule has 1 saturated heterocycles. The van der Waals surface area contributed by atoms with Gasteiger partial charge in [0.2, 0.25) is 0 Å². The Labute approximate surface area is 163 Å². The van der Waals surface area contributed by atoms with Gasteiger partial charge < -0.3 is 20.4 Å². The number of carbonyl (C=O) groups excluding carboxylic acids is 1. The zero-order valence-electron chi connectivity index (χ0n) is 15.1. The Morgan fingerprint density at radius 3 is 1.92 bits per heavy atom. The molecule has 0 aliphatic carbocycles. The van der Waals surface area contributed by atoms with Crippen LogP contribution < -0.4 is 20.4 Å². The van der Waals surface area contributed by atoms with Crippen molar-refractivity contribution in [3.8, 4) is 0 Å². The summed E-state index contributed by atoms with van der Waals surface area (Å²) in [7, 11) is 0. The molecule has 5 nitrogen and oxygen atoms in total. The van der Waals surface area contributed by atoms with E-state index in [2.05, 4.69) is 45.6 Å². The highest BCUT2D eigenvalue weighted by molar-refractivity contribution is 9.10. The summed E-state index contributed by atoms with van der Waals surface area (Å²) in [6, 6.07) is 15.5. The van der Waals surface area contributed by atoms with E-state index in [4.69, 9.17) is 0 Å². The van der Waals surface area contributed by atoms with Crippen molar-refractivity contribution in [2.45, 2.75) is 13.5 Å². The lowest BCUT2D eigenvalue weighted by molar-refractivity contribution is -1.02. The summed E-state index contributed by atoms with van der Waals surface area (Å²) in [5.41, 5.74) is 2.89. The number of amides is 2. The van der Waals surface area contributed by atoms with Crippen LogP contribution in [0.25, 0.3) is 0 Å². The summed E-state index contributed by atoms with van der Waals surface area (Å²) in [5.74, 6) is 0. The minimum atomic E-state index is -0.232. The predicted molar refractivity (Wildman–Crippen MR) is 109 cm³/mol. The van der Waals surface area contributed by atoms with E-state index in [1.807, 2.05) is 36.4 Å². The molecular formula is C20H27BrN4O+2. The Morgan fingerprint density at radius 2 is 1.38 bits per heavy atom. The van der Waals surface area contributed by atoms with Crippen molar-refractivity contribution >= 4 is 33.3 Å². The number of likely N-dealkylation sites (N-methyl/N-ethyl adjacent to an activating group) is 1. The molecule has 4 N–H and O–H groups in total. The molecule has 1 fully saturated rings. The first-order chi connectivity index (χ1) is 12.6. The van der Waals surface area contributed by atoms with Gasteiger partial charge in [0, 0.05) is 21.4 Å². The van der Waals surface area contributed by atoms with Gasteiger partial charge in [-0.3, -0.25) is 0 Å². The van der Waals surface area contributed by atoms with Crippen molar-refractivity contribution < 1.29 is 14.6 Å². The number of carbonyl (C=O) groups is 1. The third kappa shape index (κ3) is 5.56. The minimum absolute atomic E-state index is 0.232. The van der Waals surface area contributed by atoms with E-state index in [9.17, 15) is 4.79 Å². The standard InChI is InChI=1S/C20H25BrN4O/c1-2-24-11-13-25(14-12-24)15-16-3-7-18(8-4-16)22-20(26)23-19-9-5-17(21)6-10-19/h3-10H,2,11-15H2,1H3,(H2,22,23,26)/p+2. The summed E-state index contributed by atoms with van der Waals surface area (Å²) in [4.78, 5) is 15.4. The maximum absolute atomic E-state index is 12.1. The molecule has 0 spiro atoms. The molecule has 2 aromatic rings. The van der Waals surface area contributed by atoms with Crippen molar-refractivity contribution in [1.29, 1.82) is 0 Å². The highest BCUT2D eigenvalue weighted by Crippen LogP contribution is 2.15. The van der Waals surface area contributed by atoms with Crippen LogP contribution in [0.1, 0.15) is 12.5 Å². The number of piperazine rings is 1. The average molecular weight is 419 g/mol. The Bertz CT molecular complexity index is 710. The highest BCUT2D eigenvalue weighted by Gasteiger charge is 2.21. The fourth-order valence-electron chi connectivity index (χ4n) is 3.31. The molecule has 138 valence electrons. The van der Waals surface area contributed by atoms with Crippen LogP contribution in [0.3, 0.4) is 0 Å². The van der Waals surface area contributed by atoms with Gasteiger partial charge in [-0.15, -0.1) is 0 Å². The molecular weight excluding hydrogens is 392 g/mol. The Hall–Kier alpha value is -1.89. The Morgan fingerprint density at radius 1 is 0.885 bits per heavy atom. The van der Waals surface area contributed by atoms with Crippen LogP contribution in [0.5, 0.6) is 0 Å². The fraction of sp³-hybridized carbons (Fsp3) is 0.350. The largest absolute Gasteiger partial charge is 0.326 e. The summed E-state index contributed by atoms with van der Waals surface area (Å²) < 4.78 is 0.985. The van der Waals surface area contributed by atoms with Gasteiger partial charge >= 0.3 is 6.03 Å². The highest BCUT2D eigenvalue weighted by atomic mass is 79.9. The number of urea groups is 1. The van der Waals surface area contributed by atoms with E-state index < -0.39 is 0 Å². The summed E-state index contributed by atoms with van der Waals surface area (Å²) in [6.07, 6.45) is 0. The monoisotopic (exact) mass is 418 g/mol. The van der Waals surface area contributed by atoms with Gasteiger partial charge in [0.05, 0.1) is 6.54 Å². The van der Waals surface area contributed by atoms with E-state index in [-0.39, 0.29) is 6.03 Å². The van der Waals surface area contributed by atoms with Gasteiger partial charge in [-0.05, 0) is 43.3 Å². The summed E-state index contributed by atoms with van der Waals surface area (Å²) in [6.45, 7) is 9.55. The van der Waals surface area contributed by atoms with Crippen LogP contribution >= 0.6 is 15.9 Å². The van der Waals surface area contributed by atoms with Crippen LogP contribution in [0.4, 0.5) is 16.2 Å². The number of nitrogens with one attached hydrogen (secondary N) is 4. The van der Waals surface area contributed by atoms with Crippen molar-refractivity contribution in [2.75, 3.05) is 43.4 Å². The molecule has 3 rings (SSSR count). The maximum Gasteiger partial charge on any atom is 0.323 e. The molecule has 0 aromatic heterocycles. The molecule has 2 aromatic carbocycles. The van der Waals surface area contributed by atoms with E-state index >= 15 is 0 Å². The topological polar surface area (TPSA) is 50.0 Å². The zero-order valence-corrected chi connectivity index (χ0v) is 16.7. The van der Waals surface area contributed by atoms with E-state index in [1.54, 1.807) is 9.80 Å². The van der Waals surface area contributed by atoms with Crippen molar-refractivity contribution in [2.24, 2.45) is 0 Å². The van der Waals surface area contributed by atoms with Gasteiger partial charge in [-0.25, -0.2) is 4.79 Å². The van der Waals surface area contributed by atoms with Crippen molar-refractivity contribution in [1.82, 2.24) is 0 Å². The molecule has 0 saturated carbocycles. The first kappa shape index (κ1) is 18.9. The van der Waals surface area contributed by atoms with Crippen molar-refractivity contribution in [3.05, 3.63) is 58.6 Å².